The second kappa shape index (κ2) is 11.8. The number of halogens is 3. The lowest BCUT2D eigenvalue weighted by molar-refractivity contribution is -0.0590. The lowest BCUT2D eigenvalue weighted by Crippen LogP contribution is -2.32. The van der Waals surface area contributed by atoms with E-state index in [0.29, 0.717) is 58.4 Å². The van der Waals surface area contributed by atoms with Crippen LogP contribution in [0.15, 0.2) is 52.9 Å². The first-order valence-electron chi connectivity index (χ1n) is 14.8. The third kappa shape index (κ3) is 5.64. The molecule has 3 aromatic heterocycles. The first-order valence-corrected chi connectivity index (χ1v) is 15.2. The maximum absolute atomic E-state index is 14.9. The number of pyridine rings is 1. The molecule has 2 fully saturated rings. The number of benzene rings is 2. The molecule has 0 bridgehead atoms. The highest BCUT2D eigenvalue weighted by Crippen LogP contribution is 2.38. The Bertz CT molecular complexity index is 1860. The Morgan fingerprint density at radius 3 is 2.64 bits per heavy atom. The Kier molecular flexibility index (Phi) is 7.72. The number of hydrogen-bond acceptors (Lipinski definition) is 6. The summed E-state index contributed by atoms with van der Waals surface area (Å²) >= 11 is 6.17. The summed E-state index contributed by atoms with van der Waals surface area (Å²) in [5.74, 6) is 0.0799. The second-order valence-electron chi connectivity index (χ2n) is 11.7. The Morgan fingerprint density at radius 1 is 1.07 bits per heavy atom. The standard InChI is InChI=1S/C33H30ClF2N3O5/c34-24-9-8-20(32-23(24)15-28(36)44-32)17-43-30-3-1-2-26(37-30)19-6-4-18(5-7-19)12-29-38-31-25(35)13-21(33(40)41)14-27(31)39(29)16-22-10-11-42-22/h1-3,8-9,13-15,18-19,22H,4-7,10-12,16-17H2,(H,40,41)/t18?,19?,22-/m0/s1. The molecule has 5 aromatic rings. The maximum Gasteiger partial charge on any atom is 0.335 e. The van der Waals surface area contributed by atoms with Crippen molar-refractivity contribution in [2.24, 2.45) is 5.92 Å². The van der Waals surface area contributed by atoms with E-state index in [9.17, 15) is 18.7 Å². The predicted octanol–water partition coefficient (Wildman–Crippen LogP) is 7.69. The molecule has 1 aliphatic heterocycles. The van der Waals surface area contributed by atoms with Crippen molar-refractivity contribution in [1.82, 2.24) is 14.5 Å². The number of imidazole rings is 1. The zero-order chi connectivity index (χ0) is 30.4. The number of rotatable bonds is 9. The minimum Gasteiger partial charge on any atom is -0.478 e. The Labute approximate surface area is 256 Å². The van der Waals surface area contributed by atoms with Gasteiger partial charge in [-0.25, -0.2) is 19.2 Å². The van der Waals surface area contributed by atoms with Crippen molar-refractivity contribution in [3.63, 3.8) is 0 Å². The van der Waals surface area contributed by atoms with Gasteiger partial charge in [-0.2, -0.15) is 4.39 Å². The van der Waals surface area contributed by atoms with Crippen molar-refractivity contribution in [1.29, 1.82) is 0 Å². The van der Waals surface area contributed by atoms with Gasteiger partial charge in [-0.3, -0.25) is 0 Å². The van der Waals surface area contributed by atoms with E-state index >= 15 is 0 Å². The average Bonchev–Trinajstić information content (AvgIpc) is 3.56. The van der Waals surface area contributed by atoms with Crippen LogP contribution in [0.4, 0.5) is 8.78 Å². The van der Waals surface area contributed by atoms with Gasteiger partial charge in [-0.05, 0) is 62.3 Å². The molecule has 1 aliphatic carbocycles. The number of nitrogens with zero attached hydrogens (tertiary/aromatic N) is 3. The molecule has 4 heterocycles. The van der Waals surface area contributed by atoms with Gasteiger partial charge in [0.1, 0.15) is 23.5 Å². The molecule has 0 amide bonds. The number of aromatic nitrogens is 3. The Morgan fingerprint density at radius 2 is 1.89 bits per heavy atom. The van der Waals surface area contributed by atoms with Crippen LogP contribution in [0.2, 0.25) is 5.02 Å². The van der Waals surface area contributed by atoms with Crippen LogP contribution in [-0.2, 0) is 24.3 Å². The van der Waals surface area contributed by atoms with Gasteiger partial charge in [0.05, 0.1) is 28.8 Å². The fraction of sp³-hybridized carbons (Fsp3) is 0.364. The summed E-state index contributed by atoms with van der Waals surface area (Å²) in [5.41, 5.74) is 2.62. The third-order valence-corrected chi connectivity index (χ3v) is 9.18. The van der Waals surface area contributed by atoms with Crippen LogP contribution in [-0.4, -0.2) is 38.3 Å². The van der Waals surface area contributed by atoms with Crippen molar-refractivity contribution in [2.75, 3.05) is 6.61 Å². The van der Waals surface area contributed by atoms with Crippen molar-refractivity contribution in [2.45, 2.75) is 63.7 Å². The number of furan rings is 1. The first kappa shape index (κ1) is 28.7. The van der Waals surface area contributed by atoms with Crippen molar-refractivity contribution in [3.05, 3.63) is 88.0 Å². The second-order valence-corrected chi connectivity index (χ2v) is 12.1. The fourth-order valence-corrected chi connectivity index (χ4v) is 6.59. The summed E-state index contributed by atoms with van der Waals surface area (Å²) in [6.45, 7) is 1.38. The quantitative estimate of drug-likeness (QED) is 0.180. The molecule has 1 N–H and O–H groups in total. The third-order valence-electron chi connectivity index (χ3n) is 8.85. The van der Waals surface area contributed by atoms with Gasteiger partial charge >= 0.3 is 5.97 Å². The lowest BCUT2D eigenvalue weighted by atomic mass is 9.79. The summed E-state index contributed by atoms with van der Waals surface area (Å²) in [6, 6.07) is 12.3. The molecule has 8 nitrogen and oxygen atoms in total. The molecule has 2 aromatic carbocycles. The highest BCUT2D eigenvalue weighted by molar-refractivity contribution is 6.35. The SMILES string of the molecule is O=C(O)c1cc(F)c2nc(CC3CCC(c4cccc(OCc5ccc(Cl)c6cc(F)oc56)n4)CC3)n(C[C@@H]3CCO3)c2c1. The van der Waals surface area contributed by atoms with Crippen LogP contribution in [0.3, 0.4) is 0 Å². The number of aromatic carboxylic acids is 1. The number of carbonyl (C=O) groups is 1. The van der Waals surface area contributed by atoms with Crippen molar-refractivity contribution >= 4 is 39.6 Å². The number of carboxylic acid groups (broad SMARTS) is 1. The molecule has 1 saturated carbocycles. The van der Waals surface area contributed by atoms with E-state index in [1.165, 1.54) is 12.1 Å². The normalized spacial score (nSPS) is 20.2. The van der Waals surface area contributed by atoms with Crippen LogP contribution in [0, 0.1) is 17.7 Å². The summed E-state index contributed by atoms with van der Waals surface area (Å²) in [4.78, 5) is 21.0. The topological polar surface area (TPSA) is 99.6 Å². The molecular formula is C33H30ClF2N3O5. The molecule has 1 atom stereocenters. The number of hydrogen-bond donors (Lipinski definition) is 1. The van der Waals surface area contributed by atoms with Crippen LogP contribution >= 0.6 is 11.6 Å². The number of fused-ring (bicyclic) bond motifs is 2. The largest absolute Gasteiger partial charge is 0.478 e. The minimum atomic E-state index is -1.17. The lowest BCUT2D eigenvalue weighted by Gasteiger charge is -2.30. The molecule has 44 heavy (non-hydrogen) atoms. The van der Waals surface area contributed by atoms with E-state index in [1.807, 2.05) is 16.7 Å². The van der Waals surface area contributed by atoms with Crippen LogP contribution < -0.4 is 4.74 Å². The van der Waals surface area contributed by atoms with E-state index in [4.69, 9.17) is 30.5 Å². The van der Waals surface area contributed by atoms with E-state index in [-0.39, 0.29) is 29.7 Å². The van der Waals surface area contributed by atoms with E-state index < -0.39 is 17.8 Å². The van der Waals surface area contributed by atoms with Crippen LogP contribution in [0.25, 0.3) is 22.0 Å². The monoisotopic (exact) mass is 621 g/mol. The molecule has 1 saturated heterocycles. The van der Waals surface area contributed by atoms with Gasteiger partial charge in [-0.1, -0.05) is 23.7 Å². The zero-order valence-corrected chi connectivity index (χ0v) is 24.5. The summed E-state index contributed by atoms with van der Waals surface area (Å²) < 4.78 is 47.4. The van der Waals surface area contributed by atoms with Gasteiger partial charge in [-0.15, -0.1) is 0 Å². The van der Waals surface area contributed by atoms with Crippen molar-refractivity contribution in [3.8, 4) is 5.88 Å². The molecule has 11 heteroatoms. The first-order chi connectivity index (χ1) is 21.3. The highest BCUT2D eigenvalue weighted by Gasteiger charge is 2.28. The predicted molar refractivity (Wildman–Crippen MR) is 159 cm³/mol. The van der Waals surface area contributed by atoms with E-state index in [2.05, 4.69) is 4.98 Å². The maximum atomic E-state index is 14.9. The number of ether oxygens (including phenoxy) is 2. The van der Waals surface area contributed by atoms with Gasteiger partial charge in [0, 0.05) is 47.7 Å². The highest BCUT2D eigenvalue weighted by atomic mass is 35.5. The molecule has 228 valence electrons. The zero-order valence-electron chi connectivity index (χ0n) is 23.8. The van der Waals surface area contributed by atoms with Crippen LogP contribution in [0.5, 0.6) is 5.88 Å². The van der Waals surface area contributed by atoms with Gasteiger partial charge in [0.25, 0.3) is 6.01 Å². The molecule has 0 radical (unpaired) electrons. The smallest absolute Gasteiger partial charge is 0.335 e. The molecule has 0 spiro atoms. The van der Waals surface area contributed by atoms with Crippen LogP contribution in [0.1, 0.15) is 65.5 Å². The Hall–Kier alpha value is -4.02. The van der Waals surface area contributed by atoms with Gasteiger partial charge in [0.2, 0.25) is 5.88 Å². The summed E-state index contributed by atoms with van der Waals surface area (Å²) in [5, 5.41) is 10.4. The number of carboxylic acids is 1. The fourth-order valence-electron chi connectivity index (χ4n) is 6.39. The minimum absolute atomic E-state index is 0.0185. The van der Waals surface area contributed by atoms with E-state index in [1.54, 1.807) is 18.2 Å². The molecule has 0 unspecified atom stereocenters. The summed E-state index contributed by atoms with van der Waals surface area (Å²) in [6.07, 6.45) is 5.39. The molecule has 2 aliphatic rings. The van der Waals surface area contributed by atoms with Gasteiger partial charge < -0.3 is 23.6 Å². The van der Waals surface area contributed by atoms with Crippen molar-refractivity contribution < 1.29 is 32.6 Å². The molecule has 7 rings (SSSR count). The average molecular weight is 622 g/mol. The van der Waals surface area contributed by atoms with E-state index in [0.717, 1.165) is 49.7 Å². The molecular weight excluding hydrogens is 592 g/mol. The Balaban J connectivity index is 1.03. The van der Waals surface area contributed by atoms with Gasteiger partial charge in [0.15, 0.2) is 5.82 Å². The summed E-state index contributed by atoms with van der Waals surface area (Å²) in [7, 11) is 0.